The largest absolute Gasteiger partial charge is 0.375 e. The average Bonchev–Trinajstić information content (AvgIpc) is 2.55. The van der Waals surface area contributed by atoms with Crippen LogP contribution in [0.15, 0.2) is 24.3 Å². The molecule has 3 heteroatoms. The number of rotatable bonds is 2. The van der Waals surface area contributed by atoms with E-state index in [0.29, 0.717) is 6.04 Å². The zero-order chi connectivity index (χ0) is 14.7. The summed E-state index contributed by atoms with van der Waals surface area (Å²) in [6, 6.07) is 10.6. The van der Waals surface area contributed by atoms with E-state index in [2.05, 4.69) is 30.1 Å². The first-order valence-corrected chi connectivity index (χ1v) is 8.09. The van der Waals surface area contributed by atoms with E-state index in [4.69, 9.17) is 10.00 Å². The summed E-state index contributed by atoms with van der Waals surface area (Å²) in [5.41, 5.74) is 2.07. The molecule has 3 nitrogen and oxygen atoms in total. The molecule has 1 atom stereocenters. The second kappa shape index (κ2) is 6.07. The van der Waals surface area contributed by atoms with Crippen molar-refractivity contribution in [2.75, 3.05) is 18.6 Å². The molecular weight excluding hydrogens is 260 g/mol. The number of hydrogen-bond donors (Lipinski definition) is 0. The van der Waals surface area contributed by atoms with Gasteiger partial charge in [0.15, 0.2) is 0 Å². The molecule has 21 heavy (non-hydrogen) atoms. The molecule has 0 bridgehead atoms. The predicted molar refractivity (Wildman–Crippen MR) is 84.4 cm³/mol. The van der Waals surface area contributed by atoms with Gasteiger partial charge in [0, 0.05) is 25.4 Å². The molecule has 1 saturated carbocycles. The molecule has 112 valence electrons. The van der Waals surface area contributed by atoms with Gasteiger partial charge in [0.25, 0.3) is 0 Å². The van der Waals surface area contributed by atoms with E-state index >= 15 is 0 Å². The number of anilines is 1. The van der Waals surface area contributed by atoms with Gasteiger partial charge in [-0.1, -0.05) is 19.3 Å². The summed E-state index contributed by atoms with van der Waals surface area (Å²) in [6.07, 6.45) is 8.68. The van der Waals surface area contributed by atoms with Gasteiger partial charge in [-0.05, 0) is 49.9 Å². The molecule has 0 N–H and O–H groups in total. The molecule has 2 aliphatic rings. The Morgan fingerprint density at radius 2 is 1.90 bits per heavy atom. The molecular formula is C18H24N2O. The maximum atomic E-state index is 8.90. The Kier molecular flexibility index (Phi) is 4.17. The van der Waals surface area contributed by atoms with Gasteiger partial charge < -0.3 is 9.64 Å². The van der Waals surface area contributed by atoms with Gasteiger partial charge in [-0.15, -0.1) is 0 Å². The molecule has 0 aromatic heterocycles. The summed E-state index contributed by atoms with van der Waals surface area (Å²) < 4.78 is 6.19. The second-order valence-corrected chi connectivity index (χ2v) is 6.51. The highest BCUT2D eigenvalue weighted by Gasteiger charge is 2.39. The van der Waals surface area contributed by atoms with Crippen molar-refractivity contribution in [3.05, 3.63) is 29.8 Å². The van der Waals surface area contributed by atoms with Gasteiger partial charge in [-0.2, -0.15) is 5.26 Å². The van der Waals surface area contributed by atoms with Crippen LogP contribution in [0.2, 0.25) is 0 Å². The van der Waals surface area contributed by atoms with E-state index in [1.807, 2.05) is 12.1 Å². The molecule has 1 aliphatic heterocycles. The minimum absolute atomic E-state index is 0.141. The number of nitrogens with zero attached hydrogens (tertiary/aromatic N) is 2. The summed E-state index contributed by atoms with van der Waals surface area (Å²) in [7, 11) is 2.17. The quantitative estimate of drug-likeness (QED) is 0.827. The highest BCUT2D eigenvalue weighted by Crippen LogP contribution is 2.40. The maximum absolute atomic E-state index is 8.90. The summed E-state index contributed by atoms with van der Waals surface area (Å²) in [5.74, 6) is 0. The number of ether oxygens (including phenoxy) is 1. The van der Waals surface area contributed by atoms with E-state index in [1.165, 1.54) is 37.8 Å². The zero-order valence-corrected chi connectivity index (χ0v) is 12.8. The van der Waals surface area contributed by atoms with Crippen LogP contribution < -0.4 is 4.90 Å². The first kappa shape index (κ1) is 14.4. The van der Waals surface area contributed by atoms with Crippen molar-refractivity contribution in [3.8, 4) is 6.07 Å². The predicted octanol–water partition coefficient (Wildman–Crippen LogP) is 3.88. The lowest BCUT2D eigenvalue weighted by Gasteiger charge is -2.46. The van der Waals surface area contributed by atoms with Crippen molar-refractivity contribution in [2.24, 2.45) is 0 Å². The fourth-order valence-electron chi connectivity index (χ4n) is 3.86. The Morgan fingerprint density at radius 1 is 1.19 bits per heavy atom. The normalized spacial score (nSPS) is 24.5. The van der Waals surface area contributed by atoms with E-state index < -0.39 is 0 Å². The van der Waals surface area contributed by atoms with Crippen LogP contribution in [0.5, 0.6) is 0 Å². The first-order chi connectivity index (χ1) is 10.2. The zero-order valence-electron chi connectivity index (χ0n) is 12.8. The first-order valence-electron chi connectivity index (χ1n) is 8.09. The maximum Gasteiger partial charge on any atom is 0.0991 e. The number of nitriles is 1. The van der Waals surface area contributed by atoms with Crippen LogP contribution in [0.4, 0.5) is 5.69 Å². The molecule has 1 spiro atoms. The van der Waals surface area contributed by atoms with Crippen LogP contribution in [-0.4, -0.2) is 25.3 Å². The third-order valence-electron chi connectivity index (χ3n) is 5.18. The topological polar surface area (TPSA) is 36.3 Å². The molecule has 1 unspecified atom stereocenters. The Labute approximate surface area is 127 Å². The Hall–Kier alpha value is -1.53. The van der Waals surface area contributed by atoms with E-state index in [9.17, 15) is 0 Å². The molecule has 1 aliphatic carbocycles. The third kappa shape index (κ3) is 3.06. The van der Waals surface area contributed by atoms with Crippen molar-refractivity contribution < 1.29 is 4.74 Å². The van der Waals surface area contributed by atoms with Crippen molar-refractivity contribution in [2.45, 2.75) is 56.6 Å². The highest BCUT2D eigenvalue weighted by molar-refractivity contribution is 5.50. The third-order valence-corrected chi connectivity index (χ3v) is 5.18. The van der Waals surface area contributed by atoms with Crippen LogP contribution in [0.3, 0.4) is 0 Å². The average molecular weight is 284 g/mol. The highest BCUT2D eigenvalue weighted by atomic mass is 16.5. The Balaban J connectivity index is 1.71. The van der Waals surface area contributed by atoms with Crippen LogP contribution in [0.1, 0.15) is 50.5 Å². The molecule has 1 aromatic carbocycles. The smallest absolute Gasteiger partial charge is 0.0991 e. The van der Waals surface area contributed by atoms with Gasteiger partial charge in [0.1, 0.15) is 0 Å². The SMILES string of the molecule is CN(c1ccc(C#N)cc1)C1CCOC2(CCCCC2)C1. The minimum atomic E-state index is 0.141. The summed E-state index contributed by atoms with van der Waals surface area (Å²) in [5, 5.41) is 8.90. The van der Waals surface area contributed by atoms with Gasteiger partial charge in [0.05, 0.1) is 17.2 Å². The monoisotopic (exact) mass is 284 g/mol. The van der Waals surface area contributed by atoms with Crippen LogP contribution >= 0.6 is 0 Å². The fraction of sp³-hybridized carbons (Fsp3) is 0.611. The lowest BCUT2D eigenvalue weighted by molar-refractivity contribution is -0.105. The van der Waals surface area contributed by atoms with Crippen LogP contribution in [0, 0.1) is 11.3 Å². The Bertz CT molecular complexity index is 506. The van der Waals surface area contributed by atoms with Gasteiger partial charge >= 0.3 is 0 Å². The van der Waals surface area contributed by atoms with E-state index in [0.717, 1.165) is 25.0 Å². The van der Waals surface area contributed by atoms with Crippen molar-refractivity contribution in [1.29, 1.82) is 5.26 Å². The van der Waals surface area contributed by atoms with Crippen molar-refractivity contribution >= 4 is 5.69 Å². The van der Waals surface area contributed by atoms with Crippen LogP contribution in [-0.2, 0) is 4.74 Å². The van der Waals surface area contributed by atoms with Gasteiger partial charge in [-0.3, -0.25) is 0 Å². The van der Waals surface area contributed by atoms with E-state index in [1.54, 1.807) is 0 Å². The second-order valence-electron chi connectivity index (χ2n) is 6.51. The lowest BCUT2D eigenvalue weighted by Crippen LogP contribution is -2.48. The van der Waals surface area contributed by atoms with Crippen LogP contribution in [0.25, 0.3) is 0 Å². The summed E-state index contributed by atoms with van der Waals surface area (Å²) in [6.45, 7) is 0.880. The standard InChI is InChI=1S/C18H24N2O/c1-20(16-7-5-15(14-19)6-8-16)17-9-12-21-18(13-17)10-3-2-4-11-18/h5-8,17H,2-4,9-13H2,1H3. The molecule has 1 aromatic rings. The molecule has 0 radical (unpaired) electrons. The molecule has 1 saturated heterocycles. The Morgan fingerprint density at radius 3 is 2.57 bits per heavy atom. The number of benzene rings is 1. The fourth-order valence-corrected chi connectivity index (χ4v) is 3.86. The lowest BCUT2D eigenvalue weighted by atomic mass is 9.78. The summed E-state index contributed by atoms with van der Waals surface area (Å²) in [4.78, 5) is 2.38. The van der Waals surface area contributed by atoms with E-state index in [-0.39, 0.29) is 5.60 Å². The van der Waals surface area contributed by atoms with Gasteiger partial charge in [0.2, 0.25) is 0 Å². The minimum Gasteiger partial charge on any atom is -0.375 e. The molecule has 3 rings (SSSR count). The van der Waals surface area contributed by atoms with Crippen molar-refractivity contribution in [3.63, 3.8) is 0 Å². The summed E-state index contributed by atoms with van der Waals surface area (Å²) >= 11 is 0. The van der Waals surface area contributed by atoms with Gasteiger partial charge in [-0.25, -0.2) is 0 Å². The molecule has 0 amide bonds. The molecule has 1 heterocycles. The van der Waals surface area contributed by atoms with Crippen molar-refractivity contribution in [1.82, 2.24) is 0 Å². The number of hydrogen-bond acceptors (Lipinski definition) is 3. The molecule has 2 fully saturated rings.